The lowest BCUT2D eigenvalue weighted by Crippen LogP contribution is -2.39. The minimum atomic E-state index is 0.0106. The van der Waals surface area contributed by atoms with Crippen molar-refractivity contribution in [3.8, 4) is 5.75 Å². The highest BCUT2D eigenvalue weighted by Crippen LogP contribution is 2.22. The van der Waals surface area contributed by atoms with Crippen LogP contribution in [0, 0.1) is 5.92 Å². The van der Waals surface area contributed by atoms with E-state index >= 15 is 0 Å². The van der Waals surface area contributed by atoms with Crippen LogP contribution in [0.2, 0.25) is 0 Å². The second-order valence-corrected chi connectivity index (χ2v) is 5.67. The molecule has 21 heavy (non-hydrogen) atoms. The first kappa shape index (κ1) is 14.1. The number of hydrogen-bond donors (Lipinski definition) is 1. The molecule has 2 aliphatic rings. The Balaban J connectivity index is 1.79. The molecule has 2 heterocycles. The summed E-state index contributed by atoms with van der Waals surface area (Å²) in [5, 5.41) is 4.31. The molecule has 1 N–H and O–H groups in total. The molecule has 0 unspecified atom stereocenters. The molecule has 1 aromatic rings. The van der Waals surface area contributed by atoms with Crippen molar-refractivity contribution in [3.05, 3.63) is 29.8 Å². The molecule has 2 aliphatic heterocycles. The number of methoxy groups -OCH3 is 1. The highest BCUT2D eigenvalue weighted by molar-refractivity contribution is 6.06. The van der Waals surface area contributed by atoms with Crippen LogP contribution in [-0.2, 0) is 4.79 Å². The average Bonchev–Trinajstić information content (AvgIpc) is 3.01. The number of nitrogens with zero attached hydrogens (tertiary/aromatic N) is 2. The fraction of sp³-hybridized carbons (Fsp3) is 0.500. The van der Waals surface area contributed by atoms with Gasteiger partial charge in [0.15, 0.2) is 0 Å². The number of hydrazone groups is 1. The van der Waals surface area contributed by atoms with Crippen molar-refractivity contribution in [1.82, 2.24) is 10.3 Å². The molecule has 1 fully saturated rings. The van der Waals surface area contributed by atoms with Crippen molar-refractivity contribution in [2.24, 2.45) is 11.0 Å². The maximum Gasteiger partial charge on any atom is 0.240 e. The topological polar surface area (TPSA) is 53.9 Å². The summed E-state index contributed by atoms with van der Waals surface area (Å²) in [5.74, 6) is 1.01. The number of likely N-dealkylation sites (tertiary alicyclic amines) is 1. The summed E-state index contributed by atoms with van der Waals surface area (Å²) < 4.78 is 5.19. The molecule has 0 radical (unpaired) electrons. The Labute approximate surface area is 125 Å². The van der Waals surface area contributed by atoms with E-state index in [0.717, 1.165) is 36.7 Å². The quantitative estimate of drug-likeness (QED) is 0.916. The minimum absolute atomic E-state index is 0.0106. The predicted octanol–water partition coefficient (Wildman–Crippen LogP) is 1.63. The van der Waals surface area contributed by atoms with Gasteiger partial charge < -0.3 is 9.64 Å². The van der Waals surface area contributed by atoms with Gasteiger partial charge in [0.05, 0.1) is 12.8 Å². The number of rotatable bonds is 4. The zero-order valence-electron chi connectivity index (χ0n) is 12.3. The van der Waals surface area contributed by atoms with E-state index in [4.69, 9.17) is 4.74 Å². The predicted molar refractivity (Wildman–Crippen MR) is 81.5 cm³/mol. The van der Waals surface area contributed by atoms with Crippen molar-refractivity contribution >= 4 is 11.6 Å². The van der Waals surface area contributed by atoms with Crippen molar-refractivity contribution < 1.29 is 9.53 Å². The molecule has 5 heteroatoms. The van der Waals surface area contributed by atoms with Crippen LogP contribution in [0.4, 0.5) is 0 Å². The molecule has 1 saturated heterocycles. The number of carbonyl (C=O) groups is 1. The molecule has 0 aliphatic carbocycles. The standard InChI is InChI=1S/C16H21N3O2/c1-21-14-6-4-12(5-7-14)16-13(10-15(20)17-18-16)11-19-8-2-3-9-19/h4-7,13H,2-3,8-11H2,1H3,(H,17,20)/t13-/m1/s1. The Bertz CT molecular complexity index is 533. The summed E-state index contributed by atoms with van der Waals surface area (Å²) in [6.07, 6.45) is 3.03. The molecular formula is C16H21N3O2. The average molecular weight is 287 g/mol. The third kappa shape index (κ3) is 3.24. The normalized spacial score (nSPS) is 22.8. The van der Waals surface area contributed by atoms with E-state index in [1.54, 1.807) is 7.11 Å². The van der Waals surface area contributed by atoms with Crippen molar-refractivity contribution in [2.45, 2.75) is 19.3 Å². The zero-order chi connectivity index (χ0) is 14.7. The summed E-state index contributed by atoms with van der Waals surface area (Å²) in [6, 6.07) is 7.88. The first-order valence-electron chi connectivity index (χ1n) is 7.49. The summed E-state index contributed by atoms with van der Waals surface area (Å²) in [5.41, 5.74) is 4.64. The van der Waals surface area contributed by atoms with Gasteiger partial charge in [-0.3, -0.25) is 4.79 Å². The highest BCUT2D eigenvalue weighted by atomic mass is 16.5. The fourth-order valence-electron chi connectivity index (χ4n) is 3.07. The summed E-state index contributed by atoms with van der Waals surface area (Å²) in [4.78, 5) is 14.1. The van der Waals surface area contributed by atoms with Crippen LogP contribution < -0.4 is 10.2 Å². The number of ether oxygens (including phenoxy) is 1. The van der Waals surface area contributed by atoms with Gasteiger partial charge in [-0.25, -0.2) is 5.43 Å². The lowest BCUT2D eigenvalue weighted by molar-refractivity contribution is -0.122. The van der Waals surface area contributed by atoms with E-state index in [1.165, 1.54) is 12.8 Å². The van der Waals surface area contributed by atoms with Crippen LogP contribution in [-0.4, -0.2) is 43.3 Å². The first-order valence-corrected chi connectivity index (χ1v) is 7.49. The Morgan fingerprint density at radius 1 is 1.29 bits per heavy atom. The molecule has 5 nitrogen and oxygen atoms in total. The van der Waals surface area contributed by atoms with Gasteiger partial charge in [0.25, 0.3) is 0 Å². The molecule has 1 atom stereocenters. The van der Waals surface area contributed by atoms with Gasteiger partial charge in [0, 0.05) is 18.9 Å². The number of benzene rings is 1. The Hall–Kier alpha value is -1.88. The van der Waals surface area contributed by atoms with Gasteiger partial charge >= 0.3 is 0 Å². The third-order valence-corrected chi connectivity index (χ3v) is 4.18. The van der Waals surface area contributed by atoms with Crippen LogP contribution in [0.25, 0.3) is 0 Å². The molecule has 1 aromatic carbocycles. The Morgan fingerprint density at radius 3 is 2.67 bits per heavy atom. The van der Waals surface area contributed by atoms with Gasteiger partial charge in [-0.05, 0) is 55.8 Å². The molecule has 0 aromatic heterocycles. The maximum atomic E-state index is 11.7. The van der Waals surface area contributed by atoms with Crippen LogP contribution in [0.15, 0.2) is 29.4 Å². The van der Waals surface area contributed by atoms with Gasteiger partial charge in [-0.1, -0.05) is 0 Å². The summed E-state index contributed by atoms with van der Waals surface area (Å²) in [7, 11) is 1.66. The van der Waals surface area contributed by atoms with Gasteiger partial charge in [0.1, 0.15) is 5.75 Å². The Kier molecular flexibility index (Phi) is 4.20. The van der Waals surface area contributed by atoms with Gasteiger partial charge in [-0.2, -0.15) is 5.10 Å². The minimum Gasteiger partial charge on any atom is -0.497 e. The highest BCUT2D eigenvalue weighted by Gasteiger charge is 2.28. The zero-order valence-corrected chi connectivity index (χ0v) is 12.3. The second kappa shape index (κ2) is 6.26. The van der Waals surface area contributed by atoms with E-state index in [2.05, 4.69) is 15.4 Å². The molecule has 0 saturated carbocycles. The smallest absolute Gasteiger partial charge is 0.240 e. The molecule has 0 bridgehead atoms. The van der Waals surface area contributed by atoms with E-state index in [9.17, 15) is 4.79 Å². The number of nitrogens with one attached hydrogen (secondary N) is 1. The van der Waals surface area contributed by atoms with Crippen molar-refractivity contribution in [1.29, 1.82) is 0 Å². The summed E-state index contributed by atoms with van der Waals surface area (Å²) in [6.45, 7) is 3.18. The van der Waals surface area contributed by atoms with E-state index in [1.807, 2.05) is 24.3 Å². The number of amides is 1. The number of hydrogen-bond acceptors (Lipinski definition) is 4. The fourth-order valence-corrected chi connectivity index (χ4v) is 3.07. The Morgan fingerprint density at radius 2 is 2.00 bits per heavy atom. The molecule has 0 spiro atoms. The van der Waals surface area contributed by atoms with Crippen molar-refractivity contribution in [2.75, 3.05) is 26.7 Å². The first-order chi connectivity index (χ1) is 10.3. The molecular weight excluding hydrogens is 266 g/mol. The lowest BCUT2D eigenvalue weighted by Gasteiger charge is -2.27. The van der Waals surface area contributed by atoms with E-state index in [-0.39, 0.29) is 11.8 Å². The van der Waals surface area contributed by atoms with Crippen LogP contribution in [0.3, 0.4) is 0 Å². The van der Waals surface area contributed by atoms with E-state index < -0.39 is 0 Å². The maximum absolute atomic E-state index is 11.7. The largest absolute Gasteiger partial charge is 0.497 e. The monoisotopic (exact) mass is 287 g/mol. The number of carbonyl (C=O) groups excluding carboxylic acids is 1. The van der Waals surface area contributed by atoms with Crippen molar-refractivity contribution in [3.63, 3.8) is 0 Å². The SMILES string of the molecule is COc1ccc(C2=NNC(=O)C[C@@H]2CN2CCCC2)cc1. The third-order valence-electron chi connectivity index (χ3n) is 4.18. The van der Waals surface area contributed by atoms with Gasteiger partial charge in [0.2, 0.25) is 5.91 Å². The summed E-state index contributed by atoms with van der Waals surface area (Å²) >= 11 is 0. The second-order valence-electron chi connectivity index (χ2n) is 5.67. The van der Waals surface area contributed by atoms with Crippen LogP contribution in [0.1, 0.15) is 24.8 Å². The van der Waals surface area contributed by atoms with Crippen LogP contribution >= 0.6 is 0 Å². The van der Waals surface area contributed by atoms with Gasteiger partial charge in [-0.15, -0.1) is 0 Å². The molecule has 3 rings (SSSR count). The van der Waals surface area contributed by atoms with E-state index in [0.29, 0.717) is 6.42 Å². The molecule has 1 amide bonds. The molecule has 112 valence electrons. The lowest BCUT2D eigenvalue weighted by atomic mass is 9.91. The van der Waals surface area contributed by atoms with Crippen LogP contribution in [0.5, 0.6) is 5.75 Å².